The zero-order valence-corrected chi connectivity index (χ0v) is 21.0. The fourth-order valence-electron chi connectivity index (χ4n) is 3.58. The van der Waals surface area contributed by atoms with Crippen LogP contribution in [0.4, 0.5) is 5.69 Å². The lowest BCUT2D eigenvalue weighted by molar-refractivity contribution is -0.117. The molecule has 2 unspecified atom stereocenters. The Morgan fingerprint density at radius 1 is 0.912 bits per heavy atom. The van der Waals surface area contributed by atoms with E-state index < -0.39 is 28.0 Å². The number of carbonyl (C=O) groups is 2. The molecular weight excluding hydrogens is 540 g/mol. The molecule has 0 saturated heterocycles. The maximum Gasteiger partial charge on any atom is 0.272 e. The number of nitrogens with zero attached hydrogens (tertiary/aromatic N) is 1. The molecule has 2 atom stereocenters. The van der Waals surface area contributed by atoms with Crippen LogP contribution in [0.1, 0.15) is 27.4 Å². The number of rotatable bonds is 6. The molecule has 1 aliphatic rings. The van der Waals surface area contributed by atoms with Crippen LogP contribution in [0.3, 0.4) is 0 Å². The predicted octanol–water partition coefficient (Wildman–Crippen LogP) is 6.94. The maximum absolute atomic E-state index is 12.9. The summed E-state index contributed by atoms with van der Waals surface area (Å²) < 4.78 is -1.32. The third-order valence-electron chi connectivity index (χ3n) is 5.24. The number of anilines is 1. The summed E-state index contributed by atoms with van der Waals surface area (Å²) in [5.74, 6) is -2.18. The molecule has 0 aromatic heterocycles. The van der Waals surface area contributed by atoms with Gasteiger partial charge >= 0.3 is 0 Å². The Labute approximate surface area is 221 Å². The molecular formula is C24H16Cl5N3O2. The maximum atomic E-state index is 12.9. The van der Waals surface area contributed by atoms with Crippen molar-refractivity contribution in [1.29, 1.82) is 0 Å². The van der Waals surface area contributed by atoms with Gasteiger partial charge in [-0.25, -0.2) is 5.43 Å². The minimum atomic E-state index is -1.32. The number of benzene rings is 3. The standard InChI is InChI=1S/C24H16Cl5N3O2/c25-15-8-14(9-16(26)10-15)20-21(24(20,28)29)23(34)31-17-6-7-19(27)18(11-17)22(33)32-30-12-13-4-2-1-3-5-13/h1-12,20-21H,(H,31,34)(H,32,33). The first kappa shape index (κ1) is 24.8. The van der Waals surface area contributed by atoms with Gasteiger partial charge in [0.15, 0.2) is 0 Å². The van der Waals surface area contributed by atoms with E-state index in [-0.39, 0.29) is 10.6 Å². The second-order valence-corrected chi connectivity index (χ2v) is 10.4. The van der Waals surface area contributed by atoms with Crippen LogP contribution in [0.15, 0.2) is 71.8 Å². The molecule has 1 aliphatic carbocycles. The SMILES string of the molecule is O=C(NN=Cc1ccccc1)c1cc(NC(=O)C2C(c3cc(Cl)cc(Cl)c3)C2(Cl)Cl)ccc1Cl. The molecule has 5 nitrogen and oxygen atoms in total. The predicted molar refractivity (Wildman–Crippen MR) is 139 cm³/mol. The quantitative estimate of drug-likeness (QED) is 0.197. The molecule has 4 rings (SSSR count). The van der Waals surface area contributed by atoms with Gasteiger partial charge in [-0.05, 0) is 47.5 Å². The van der Waals surface area contributed by atoms with Gasteiger partial charge in [0.1, 0.15) is 4.33 Å². The van der Waals surface area contributed by atoms with E-state index in [0.29, 0.717) is 21.3 Å². The van der Waals surface area contributed by atoms with E-state index in [4.69, 9.17) is 58.0 Å². The van der Waals surface area contributed by atoms with Gasteiger partial charge in [0.25, 0.3) is 5.91 Å². The van der Waals surface area contributed by atoms with Crippen molar-refractivity contribution >= 4 is 81.7 Å². The van der Waals surface area contributed by atoms with Crippen molar-refractivity contribution < 1.29 is 9.59 Å². The van der Waals surface area contributed by atoms with Gasteiger partial charge in [-0.2, -0.15) is 5.10 Å². The minimum Gasteiger partial charge on any atom is -0.326 e. The number of hydrogen-bond donors (Lipinski definition) is 2. The van der Waals surface area contributed by atoms with Gasteiger partial charge in [0.2, 0.25) is 5.91 Å². The number of nitrogens with one attached hydrogen (secondary N) is 2. The highest BCUT2D eigenvalue weighted by molar-refractivity contribution is 6.53. The average Bonchev–Trinajstić information content (AvgIpc) is 3.37. The molecule has 2 N–H and O–H groups in total. The Balaban J connectivity index is 1.46. The molecule has 1 saturated carbocycles. The van der Waals surface area contributed by atoms with Gasteiger partial charge in [0, 0.05) is 21.7 Å². The van der Waals surface area contributed by atoms with E-state index in [0.717, 1.165) is 5.56 Å². The first-order chi connectivity index (χ1) is 16.2. The fraction of sp³-hybridized carbons (Fsp3) is 0.125. The zero-order valence-electron chi connectivity index (χ0n) is 17.2. The van der Waals surface area contributed by atoms with Gasteiger partial charge in [-0.3, -0.25) is 9.59 Å². The van der Waals surface area contributed by atoms with Crippen LogP contribution >= 0.6 is 58.0 Å². The highest BCUT2D eigenvalue weighted by Crippen LogP contribution is 2.65. The van der Waals surface area contributed by atoms with E-state index in [9.17, 15) is 9.59 Å². The number of halogens is 5. The molecule has 0 radical (unpaired) electrons. The monoisotopic (exact) mass is 553 g/mol. The molecule has 0 bridgehead atoms. The zero-order chi connectivity index (χ0) is 24.5. The van der Waals surface area contributed by atoms with Gasteiger partial charge in [-0.15, -0.1) is 23.2 Å². The Kier molecular flexibility index (Phi) is 7.41. The summed E-state index contributed by atoms with van der Waals surface area (Å²) in [7, 11) is 0. The van der Waals surface area contributed by atoms with E-state index in [2.05, 4.69) is 15.8 Å². The Bertz CT molecular complexity index is 1260. The summed E-state index contributed by atoms with van der Waals surface area (Å²) in [6, 6.07) is 18.7. The molecule has 3 aromatic carbocycles. The smallest absolute Gasteiger partial charge is 0.272 e. The molecule has 0 heterocycles. The second kappa shape index (κ2) is 10.1. The lowest BCUT2D eigenvalue weighted by Gasteiger charge is -2.09. The third kappa shape index (κ3) is 5.51. The Morgan fingerprint density at radius 3 is 2.26 bits per heavy atom. The van der Waals surface area contributed by atoms with Crippen LogP contribution in [-0.2, 0) is 4.79 Å². The van der Waals surface area contributed by atoms with Gasteiger partial charge in [0.05, 0.1) is 22.7 Å². The van der Waals surface area contributed by atoms with Gasteiger partial charge < -0.3 is 5.32 Å². The van der Waals surface area contributed by atoms with Crippen LogP contribution < -0.4 is 10.7 Å². The van der Waals surface area contributed by atoms with Crippen molar-refractivity contribution in [1.82, 2.24) is 5.43 Å². The topological polar surface area (TPSA) is 70.6 Å². The normalized spacial score (nSPS) is 18.5. The largest absolute Gasteiger partial charge is 0.326 e. The summed E-state index contributed by atoms with van der Waals surface area (Å²) >= 11 is 31.1. The van der Waals surface area contributed by atoms with Crippen molar-refractivity contribution in [2.45, 2.75) is 10.3 Å². The number of carbonyl (C=O) groups excluding carboxylic acids is 2. The number of alkyl halides is 2. The van der Waals surface area contributed by atoms with Gasteiger partial charge in [-0.1, -0.05) is 65.1 Å². The van der Waals surface area contributed by atoms with Crippen LogP contribution in [0.2, 0.25) is 15.1 Å². The lowest BCUT2D eigenvalue weighted by atomic mass is 10.1. The first-order valence-corrected chi connectivity index (χ1v) is 11.9. The van der Waals surface area contributed by atoms with Crippen molar-refractivity contribution in [3.63, 3.8) is 0 Å². The lowest BCUT2D eigenvalue weighted by Crippen LogP contribution is -2.20. The summed E-state index contributed by atoms with van der Waals surface area (Å²) in [6.45, 7) is 0. The molecule has 0 spiro atoms. The van der Waals surface area contributed by atoms with E-state index in [1.807, 2.05) is 30.3 Å². The summed E-state index contributed by atoms with van der Waals surface area (Å²) in [6.07, 6.45) is 1.51. The molecule has 3 aromatic rings. The minimum absolute atomic E-state index is 0.140. The van der Waals surface area contributed by atoms with E-state index in [1.54, 1.807) is 24.3 Å². The van der Waals surface area contributed by atoms with Crippen LogP contribution in [-0.4, -0.2) is 22.4 Å². The van der Waals surface area contributed by atoms with Crippen molar-refractivity contribution in [3.05, 3.63) is 98.5 Å². The summed E-state index contributed by atoms with van der Waals surface area (Å²) in [5.41, 5.74) is 4.40. The Morgan fingerprint density at radius 2 is 1.59 bits per heavy atom. The molecule has 0 aliphatic heterocycles. The van der Waals surface area contributed by atoms with Crippen molar-refractivity contribution in [3.8, 4) is 0 Å². The molecule has 10 heteroatoms. The van der Waals surface area contributed by atoms with Crippen LogP contribution in [0, 0.1) is 5.92 Å². The summed E-state index contributed by atoms with van der Waals surface area (Å²) in [4.78, 5) is 25.5. The van der Waals surface area contributed by atoms with Crippen molar-refractivity contribution in [2.75, 3.05) is 5.32 Å². The number of hydrogen-bond acceptors (Lipinski definition) is 3. The highest BCUT2D eigenvalue weighted by Gasteiger charge is 2.67. The summed E-state index contributed by atoms with van der Waals surface area (Å²) in [5, 5.41) is 7.72. The van der Waals surface area contributed by atoms with Crippen molar-refractivity contribution in [2.24, 2.45) is 11.0 Å². The number of amides is 2. The molecule has 1 fully saturated rings. The number of hydrazone groups is 1. The van der Waals surface area contributed by atoms with Crippen LogP contribution in [0.5, 0.6) is 0 Å². The van der Waals surface area contributed by atoms with E-state index in [1.165, 1.54) is 18.3 Å². The fourth-order valence-corrected chi connectivity index (χ4v) is 5.16. The van der Waals surface area contributed by atoms with Crippen LogP contribution in [0.25, 0.3) is 0 Å². The first-order valence-electron chi connectivity index (χ1n) is 9.99. The molecule has 174 valence electrons. The second-order valence-electron chi connectivity index (χ2n) is 7.63. The Hall–Kier alpha value is -2.28. The highest BCUT2D eigenvalue weighted by atomic mass is 35.5. The molecule has 34 heavy (non-hydrogen) atoms. The third-order valence-corrected chi connectivity index (χ3v) is 6.94. The molecule has 2 amide bonds. The average molecular weight is 556 g/mol. The van der Waals surface area contributed by atoms with E-state index >= 15 is 0 Å².